The van der Waals surface area contributed by atoms with Crippen LogP contribution in [0, 0.1) is 13.8 Å². The summed E-state index contributed by atoms with van der Waals surface area (Å²) in [5.74, 6) is -0.600. The number of aryl methyl sites for hydroxylation is 1. The van der Waals surface area contributed by atoms with Gasteiger partial charge in [0.25, 0.3) is 11.8 Å². The molecule has 0 unspecified atom stereocenters. The van der Waals surface area contributed by atoms with E-state index in [9.17, 15) is 9.59 Å². The van der Waals surface area contributed by atoms with Crippen LogP contribution in [0.4, 0.5) is 5.69 Å². The number of fused-ring (bicyclic) bond motifs is 1. The Hall–Kier alpha value is -4.00. The van der Waals surface area contributed by atoms with E-state index in [1.165, 1.54) is 0 Å². The molecular weight excluding hydrogens is 378 g/mol. The molecule has 0 spiro atoms. The highest BCUT2D eigenvalue weighted by atomic mass is 16.2. The molecule has 30 heavy (non-hydrogen) atoms. The van der Waals surface area contributed by atoms with Crippen molar-refractivity contribution in [2.75, 3.05) is 5.32 Å². The third-order valence-corrected chi connectivity index (χ3v) is 4.98. The Morgan fingerprint density at radius 1 is 0.967 bits per heavy atom. The van der Waals surface area contributed by atoms with Crippen molar-refractivity contribution in [2.45, 2.75) is 20.4 Å². The molecule has 0 bridgehead atoms. The molecule has 4 aromatic rings. The first-order chi connectivity index (χ1) is 14.5. The van der Waals surface area contributed by atoms with Crippen LogP contribution in [0.2, 0.25) is 0 Å². The molecule has 0 saturated heterocycles. The van der Waals surface area contributed by atoms with Gasteiger partial charge in [-0.25, -0.2) is 4.98 Å². The van der Waals surface area contributed by atoms with Crippen molar-refractivity contribution in [1.29, 1.82) is 0 Å². The van der Waals surface area contributed by atoms with E-state index in [0.29, 0.717) is 5.52 Å². The second kappa shape index (κ2) is 8.16. The van der Waals surface area contributed by atoms with Crippen molar-refractivity contribution >= 4 is 23.0 Å². The Kier molecular flexibility index (Phi) is 5.26. The normalized spacial score (nSPS) is 10.7. The lowest BCUT2D eigenvalue weighted by Gasteiger charge is -2.09. The number of pyridine rings is 2. The molecule has 0 aliphatic carbocycles. The average Bonchev–Trinajstić information content (AvgIpc) is 3.16. The van der Waals surface area contributed by atoms with Crippen LogP contribution < -0.4 is 10.6 Å². The fourth-order valence-electron chi connectivity index (χ4n) is 3.19. The van der Waals surface area contributed by atoms with Gasteiger partial charge in [-0.2, -0.15) is 0 Å². The minimum Gasteiger partial charge on any atom is -0.344 e. The first-order valence-electron chi connectivity index (χ1n) is 9.57. The highest BCUT2D eigenvalue weighted by molar-refractivity contribution is 6.09. The number of hydrogen-bond acceptors (Lipinski definition) is 4. The first kappa shape index (κ1) is 19.3. The zero-order valence-corrected chi connectivity index (χ0v) is 16.7. The molecule has 3 aromatic heterocycles. The van der Waals surface area contributed by atoms with E-state index in [4.69, 9.17) is 0 Å². The summed E-state index contributed by atoms with van der Waals surface area (Å²) >= 11 is 0. The van der Waals surface area contributed by atoms with Gasteiger partial charge in [-0.1, -0.05) is 24.3 Å². The monoisotopic (exact) mass is 399 g/mol. The molecule has 0 aliphatic heterocycles. The van der Waals surface area contributed by atoms with E-state index in [-0.39, 0.29) is 29.9 Å². The van der Waals surface area contributed by atoms with Gasteiger partial charge in [-0.05, 0) is 55.3 Å². The number of aromatic nitrogens is 3. The van der Waals surface area contributed by atoms with Gasteiger partial charge in [0.05, 0.1) is 17.8 Å². The number of imidazole rings is 1. The van der Waals surface area contributed by atoms with Gasteiger partial charge in [0.15, 0.2) is 5.69 Å². The Morgan fingerprint density at radius 3 is 2.60 bits per heavy atom. The third kappa shape index (κ3) is 3.77. The predicted octanol–water partition coefficient (Wildman–Crippen LogP) is 3.53. The van der Waals surface area contributed by atoms with Gasteiger partial charge in [-0.15, -0.1) is 0 Å². The van der Waals surface area contributed by atoms with Crippen molar-refractivity contribution in [2.24, 2.45) is 0 Å². The minimum absolute atomic E-state index is 0.146. The van der Waals surface area contributed by atoms with Crippen LogP contribution in [-0.4, -0.2) is 26.2 Å². The van der Waals surface area contributed by atoms with Crippen LogP contribution in [0.25, 0.3) is 5.52 Å². The summed E-state index contributed by atoms with van der Waals surface area (Å²) < 4.78 is 1.62. The zero-order valence-electron chi connectivity index (χ0n) is 16.7. The maximum absolute atomic E-state index is 13.0. The topological polar surface area (TPSA) is 88.4 Å². The molecule has 0 radical (unpaired) electrons. The van der Waals surface area contributed by atoms with Gasteiger partial charge in [0.2, 0.25) is 5.82 Å². The van der Waals surface area contributed by atoms with Crippen molar-refractivity contribution in [3.63, 3.8) is 0 Å². The molecule has 7 heteroatoms. The van der Waals surface area contributed by atoms with E-state index in [1.807, 2.05) is 50.2 Å². The molecule has 0 fully saturated rings. The SMILES string of the molecule is Cc1cccc(NC(=O)c2nc(C(=O)NCc3ccccn3)n3ccccc23)c1C. The summed E-state index contributed by atoms with van der Waals surface area (Å²) in [6.45, 7) is 4.21. The lowest BCUT2D eigenvalue weighted by molar-refractivity contribution is 0.0939. The zero-order chi connectivity index (χ0) is 21.1. The lowest BCUT2D eigenvalue weighted by atomic mass is 10.1. The van der Waals surface area contributed by atoms with Crippen LogP contribution >= 0.6 is 0 Å². The predicted molar refractivity (Wildman–Crippen MR) is 114 cm³/mol. The summed E-state index contributed by atoms with van der Waals surface area (Å²) in [6.07, 6.45) is 3.38. The quantitative estimate of drug-likeness (QED) is 0.537. The molecule has 1 aromatic carbocycles. The van der Waals surface area contributed by atoms with Crippen molar-refractivity contribution in [1.82, 2.24) is 19.7 Å². The van der Waals surface area contributed by atoms with Gasteiger partial charge in [-0.3, -0.25) is 19.0 Å². The maximum atomic E-state index is 13.0. The van der Waals surface area contributed by atoms with Crippen LogP contribution in [0.15, 0.2) is 67.0 Å². The number of anilines is 1. The Labute approximate surface area is 173 Å². The van der Waals surface area contributed by atoms with E-state index in [0.717, 1.165) is 22.5 Å². The Morgan fingerprint density at radius 2 is 1.80 bits per heavy atom. The maximum Gasteiger partial charge on any atom is 0.288 e. The third-order valence-electron chi connectivity index (χ3n) is 4.98. The number of carbonyl (C=O) groups is 2. The molecular formula is C23H21N5O2. The van der Waals surface area contributed by atoms with Gasteiger partial charge in [0, 0.05) is 18.1 Å². The minimum atomic E-state index is -0.382. The second-order valence-corrected chi connectivity index (χ2v) is 6.95. The highest BCUT2D eigenvalue weighted by Gasteiger charge is 2.22. The number of amides is 2. The van der Waals surface area contributed by atoms with E-state index >= 15 is 0 Å². The number of nitrogens with zero attached hydrogens (tertiary/aromatic N) is 3. The molecule has 3 heterocycles. The van der Waals surface area contributed by atoms with Gasteiger partial charge < -0.3 is 10.6 Å². The molecule has 0 aliphatic rings. The molecule has 2 amide bonds. The Balaban J connectivity index is 1.62. The highest BCUT2D eigenvalue weighted by Crippen LogP contribution is 2.20. The number of nitrogens with one attached hydrogen (secondary N) is 2. The summed E-state index contributed by atoms with van der Waals surface area (Å²) in [5, 5.41) is 5.72. The number of hydrogen-bond donors (Lipinski definition) is 2. The van der Waals surface area contributed by atoms with E-state index < -0.39 is 0 Å². The van der Waals surface area contributed by atoms with Crippen molar-refractivity contribution in [3.8, 4) is 0 Å². The Bertz CT molecular complexity index is 1230. The lowest BCUT2D eigenvalue weighted by Crippen LogP contribution is -2.25. The van der Waals surface area contributed by atoms with Crippen molar-refractivity contribution < 1.29 is 9.59 Å². The largest absolute Gasteiger partial charge is 0.344 e. The second-order valence-electron chi connectivity index (χ2n) is 6.95. The number of benzene rings is 1. The van der Waals surface area contributed by atoms with Crippen LogP contribution in [0.1, 0.15) is 37.9 Å². The van der Waals surface area contributed by atoms with E-state index in [1.54, 1.807) is 35.0 Å². The van der Waals surface area contributed by atoms with Crippen LogP contribution in [0.5, 0.6) is 0 Å². The molecule has 4 rings (SSSR count). The first-order valence-corrected chi connectivity index (χ1v) is 9.57. The summed E-state index contributed by atoms with van der Waals surface area (Å²) in [5.41, 5.74) is 4.28. The summed E-state index contributed by atoms with van der Waals surface area (Å²) in [6, 6.07) is 16.6. The molecule has 0 atom stereocenters. The average molecular weight is 399 g/mol. The summed E-state index contributed by atoms with van der Waals surface area (Å²) in [4.78, 5) is 34.3. The van der Waals surface area contributed by atoms with Crippen LogP contribution in [0.3, 0.4) is 0 Å². The molecule has 7 nitrogen and oxygen atoms in total. The molecule has 150 valence electrons. The fourth-order valence-corrected chi connectivity index (χ4v) is 3.19. The molecule has 0 saturated carbocycles. The number of rotatable bonds is 5. The van der Waals surface area contributed by atoms with E-state index in [2.05, 4.69) is 20.6 Å². The van der Waals surface area contributed by atoms with Crippen molar-refractivity contribution in [3.05, 3.63) is 95.3 Å². The van der Waals surface area contributed by atoms with Gasteiger partial charge >= 0.3 is 0 Å². The summed E-state index contributed by atoms with van der Waals surface area (Å²) in [7, 11) is 0. The standard InChI is InChI=1S/C23H21N5O2/c1-15-8-7-10-18(16(15)2)26-22(29)20-19-11-4-6-13-28(19)21(27-20)23(30)25-14-17-9-3-5-12-24-17/h3-13H,14H2,1-2H3,(H,25,30)(H,26,29). The number of carbonyl (C=O) groups excluding carboxylic acids is 2. The smallest absolute Gasteiger partial charge is 0.288 e. The van der Waals surface area contributed by atoms with Crippen LogP contribution in [-0.2, 0) is 6.54 Å². The molecule has 2 N–H and O–H groups in total. The fraction of sp³-hybridized carbons (Fsp3) is 0.130. The van der Waals surface area contributed by atoms with Gasteiger partial charge in [0.1, 0.15) is 0 Å².